The summed E-state index contributed by atoms with van der Waals surface area (Å²) in [7, 11) is 0. The Hall–Kier alpha value is -0.940. The first kappa shape index (κ1) is 17.4. The third-order valence-electron chi connectivity index (χ3n) is 3.84. The van der Waals surface area contributed by atoms with Gasteiger partial charge >= 0.3 is 0 Å². The smallest absolute Gasteiger partial charge is 0.0144 e. The van der Waals surface area contributed by atoms with Crippen LogP contribution in [0.5, 0.6) is 0 Å². The molecule has 120 valence electrons. The summed E-state index contributed by atoms with van der Waals surface area (Å²) >= 11 is 3.51. The van der Waals surface area contributed by atoms with Gasteiger partial charge in [0, 0.05) is 6.54 Å². The molecule has 2 aromatic rings. The minimum absolute atomic E-state index is 0.930. The lowest BCUT2D eigenvalue weighted by Crippen LogP contribution is -2.27. The van der Waals surface area contributed by atoms with Crippen molar-refractivity contribution in [2.24, 2.45) is 0 Å². The maximum absolute atomic E-state index is 3.55. The Bertz CT molecular complexity index is 489. The van der Waals surface area contributed by atoms with Crippen molar-refractivity contribution in [1.29, 1.82) is 0 Å². The number of hydrogen-bond donors (Lipinski definition) is 1. The van der Waals surface area contributed by atoms with Gasteiger partial charge in [0.25, 0.3) is 0 Å². The third-order valence-corrected chi connectivity index (χ3v) is 5.20. The van der Waals surface area contributed by atoms with E-state index in [4.69, 9.17) is 0 Å². The predicted octanol–water partition coefficient (Wildman–Crippen LogP) is 4.56. The van der Waals surface area contributed by atoms with E-state index < -0.39 is 0 Å². The highest BCUT2D eigenvalue weighted by Gasteiger charge is 2.05. The van der Waals surface area contributed by atoms with Crippen LogP contribution in [-0.4, -0.2) is 37.6 Å². The van der Waals surface area contributed by atoms with E-state index in [0.29, 0.717) is 0 Å². The number of nitrogens with zero attached hydrogens (tertiary/aromatic N) is 1. The molecule has 0 aromatic carbocycles. The average Bonchev–Trinajstić information content (AvgIpc) is 3.23. The van der Waals surface area contributed by atoms with Crippen LogP contribution in [0.3, 0.4) is 0 Å². The van der Waals surface area contributed by atoms with Gasteiger partial charge in [-0.3, -0.25) is 0 Å². The summed E-state index contributed by atoms with van der Waals surface area (Å²) < 4.78 is 0. The van der Waals surface area contributed by atoms with Crippen LogP contribution < -0.4 is 5.32 Å². The second-order valence-corrected chi connectivity index (χ2v) is 6.79. The zero-order valence-electron chi connectivity index (χ0n) is 13.5. The highest BCUT2D eigenvalue weighted by Crippen LogP contribution is 2.26. The molecule has 0 atom stereocenters. The topological polar surface area (TPSA) is 15.3 Å². The summed E-state index contributed by atoms with van der Waals surface area (Å²) in [6, 6.07) is 4.41. The molecular weight excluding hydrogens is 308 g/mol. The summed E-state index contributed by atoms with van der Waals surface area (Å²) in [6.07, 6.45) is 3.53. The first-order valence-electron chi connectivity index (χ1n) is 8.03. The highest BCUT2D eigenvalue weighted by atomic mass is 32.1. The second kappa shape index (κ2) is 9.95. The highest BCUT2D eigenvalue weighted by molar-refractivity contribution is 7.08. The number of thiophene rings is 2. The molecule has 22 heavy (non-hydrogen) atoms. The Morgan fingerprint density at radius 1 is 1.09 bits per heavy atom. The summed E-state index contributed by atoms with van der Waals surface area (Å²) in [5, 5.41) is 12.3. The summed E-state index contributed by atoms with van der Waals surface area (Å²) in [6.45, 7) is 9.95. The molecular formula is C18H26N2S2. The Labute approximate surface area is 142 Å². The fourth-order valence-corrected chi connectivity index (χ4v) is 3.79. The molecule has 0 aliphatic carbocycles. The normalized spacial score (nSPS) is 11.0. The monoisotopic (exact) mass is 334 g/mol. The molecule has 2 nitrogen and oxygen atoms in total. The van der Waals surface area contributed by atoms with Crippen LogP contribution >= 0.6 is 22.7 Å². The van der Waals surface area contributed by atoms with Crippen molar-refractivity contribution >= 4 is 28.2 Å². The zero-order valence-corrected chi connectivity index (χ0v) is 15.2. The molecule has 0 fully saturated rings. The molecule has 0 aliphatic heterocycles. The van der Waals surface area contributed by atoms with E-state index in [2.05, 4.69) is 63.8 Å². The maximum Gasteiger partial charge on any atom is 0.0144 e. The minimum atomic E-state index is 0.930. The standard InChI is InChI=1S/C18H26N2S2/c1-3-20(4-2)11-5-9-19-10-6-18(16-7-12-21-14-16)17-8-13-22-15-17/h6-8,12-15,19H,3-5,9-11H2,1-2H3. The van der Waals surface area contributed by atoms with Crippen LogP contribution in [0.1, 0.15) is 31.4 Å². The predicted molar refractivity (Wildman–Crippen MR) is 101 cm³/mol. The first-order valence-corrected chi connectivity index (χ1v) is 9.92. The Morgan fingerprint density at radius 3 is 2.23 bits per heavy atom. The zero-order chi connectivity index (χ0) is 15.6. The van der Waals surface area contributed by atoms with Crippen molar-refractivity contribution in [3.05, 3.63) is 50.9 Å². The van der Waals surface area contributed by atoms with E-state index in [-0.39, 0.29) is 0 Å². The van der Waals surface area contributed by atoms with E-state index in [1.165, 1.54) is 29.7 Å². The van der Waals surface area contributed by atoms with Crippen molar-refractivity contribution in [3.8, 4) is 0 Å². The van der Waals surface area contributed by atoms with E-state index >= 15 is 0 Å². The van der Waals surface area contributed by atoms with Crippen LogP contribution in [0.2, 0.25) is 0 Å². The molecule has 0 unspecified atom stereocenters. The van der Waals surface area contributed by atoms with Crippen molar-refractivity contribution in [2.45, 2.75) is 20.3 Å². The van der Waals surface area contributed by atoms with E-state index in [1.807, 2.05) is 0 Å². The van der Waals surface area contributed by atoms with Gasteiger partial charge in [0.15, 0.2) is 0 Å². The molecule has 2 aromatic heterocycles. The lowest BCUT2D eigenvalue weighted by molar-refractivity contribution is 0.298. The molecule has 2 rings (SSSR count). The summed E-state index contributed by atoms with van der Waals surface area (Å²) in [5.41, 5.74) is 4.00. The molecule has 1 N–H and O–H groups in total. The van der Waals surface area contributed by atoms with Gasteiger partial charge in [-0.1, -0.05) is 19.9 Å². The van der Waals surface area contributed by atoms with Crippen molar-refractivity contribution in [3.63, 3.8) is 0 Å². The summed E-state index contributed by atoms with van der Waals surface area (Å²) in [4.78, 5) is 2.47. The lowest BCUT2D eigenvalue weighted by Gasteiger charge is -2.17. The Morgan fingerprint density at radius 2 is 1.73 bits per heavy atom. The fraction of sp³-hybridized carbons (Fsp3) is 0.444. The van der Waals surface area contributed by atoms with E-state index in [1.54, 1.807) is 22.7 Å². The van der Waals surface area contributed by atoms with Gasteiger partial charge in [0.05, 0.1) is 0 Å². The van der Waals surface area contributed by atoms with Crippen LogP contribution in [-0.2, 0) is 0 Å². The quantitative estimate of drug-likeness (QED) is 0.641. The largest absolute Gasteiger partial charge is 0.313 e. The van der Waals surface area contributed by atoms with Crippen LogP contribution in [0.25, 0.3) is 5.57 Å². The second-order valence-electron chi connectivity index (χ2n) is 5.23. The van der Waals surface area contributed by atoms with Gasteiger partial charge in [0.2, 0.25) is 0 Å². The molecule has 0 spiro atoms. The molecule has 0 radical (unpaired) electrons. The lowest BCUT2D eigenvalue weighted by atomic mass is 10.0. The van der Waals surface area contributed by atoms with Crippen LogP contribution in [0, 0.1) is 0 Å². The van der Waals surface area contributed by atoms with Crippen LogP contribution in [0.4, 0.5) is 0 Å². The van der Waals surface area contributed by atoms with Crippen molar-refractivity contribution < 1.29 is 0 Å². The molecule has 4 heteroatoms. The molecule has 0 amide bonds. The van der Waals surface area contributed by atoms with Gasteiger partial charge in [-0.05, 0) is 83.0 Å². The molecule has 0 bridgehead atoms. The Balaban J connectivity index is 1.82. The number of rotatable bonds is 10. The van der Waals surface area contributed by atoms with Gasteiger partial charge in [-0.2, -0.15) is 22.7 Å². The SMILES string of the molecule is CCN(CC)CCCNCC=C(c1ccsc1)c1ccsc1. The molecule has 0 saturated heterocycles. The van der Waals surface area contributed by atoms with Gasteiger partial charge in [-0.25, -0.2) is 0 Å². The maximum atomic E-state index is 3.55. The third kappa shape index (κ3) is 5.36. The van der Waals surface area contributed by atoms with Crippen LogP contribution in [0.15, 0.2) is 39.7 Å². The average molecular weight is 335 g/mol. The van der Waals surface area contributed by atoms with Crippen molar-refractivity contribution in [1.82, 2.24) is 10.2 Å². The van der Waals surface area contributed by atoms with Gasteiger partial charge < -0.3 is 10.2 Å². The van der Waals surface area contributed by atoms with Crippen molar-refractivity contribution in [2.75, 3.05) is 32.7 Å². The first-order chi connectivity index (χ1) is 10.8. The summed E-state index contributed by atoms with van der Waals surface area (Å²) in [5.74, 6) is 0. The minimum Gasteiger partial charge on any atom is -0.313 e. The fourth-order valence-electron chi connectivity index (χ4n) is 2.48. The van der Waals surface area contributed by atoms with Gasteiger partial charge in [0.1, 0.15) is 0 Å². The van der Waals surface area contributed by atoms with Gasteiger partial charge in [-0.15, -0.1) is 0 Å². The Kier molecular flexibility index (Phi) is 7.88. The molecule has 0 saturated carbocycles. The van der Waals surface area contributed by atoms with E-state index in [0.717, 1.165) is 26.2 Å². The number of nitrogens with one attached hydrogen (secondary N) is 1. The van der Waals surface area contributed by atoms with E-state index in [9.17, 15) is 0 Å². The number of hydrogen-bond acceptors (Lipinski definition) is 4. The molecule has 0 aliphatic rings. The molecule has 2 heterocycles.